The van der Waals surface area contributed by atoms with E-state index in [9.17, 15) is 0 Å². The van der Waals surface area contributed by atoms with Gasteiger partial charge >= 0.3 is 0 Å². The van der Waals surface area contributed by atoms with Gasteiger partial charge in [-0.3, -0.25) is 0 Å². The molecule has 0 aromatic heterocycles. The molecule has 1 saturated heterocycles. The number of rotatable bonds is 5. The number of para-hydroxylation sites is 1. The first-order valence-corrected chi connectivity index (χ1v) is 8.25. The number of nitrogens with zero attached hydrogens (tertiary/aromatic N) is 1. The summed E-state index contributed by atoms with van der Waals surface area (Å²) in [6.45, 7) is 9.82. The van der Waals surface area contributed by atoms with Gasteiger partial charge in [0.25, 0.3) is 0 Å². The maximum Gasteiger partial charge on any atom is 0.0642 e. The summed E-state index contributed by atoms with van der Waals surface area (Å²) < 4.78 is 0. The molecule has 1 aromatic rings. The second-order valence-corrected chi connectivity index (χ2v) is 6.55. The van der Waals surface area contributed by atoms with Crippen LogP contribution in [0, 0.1) is 5.92 Å². The van der Waals surface area contributed by atoms with Gasteiger partial charge in [-0.2, -0.15) is 0 Å². The predicted octanol–water partition coefficient (Wildman–Crippen LogP) is 4.46. The van der Waals surface area contributed by atoms with Crippen molar-refractivity contribution in [2.75, 3.05) is 18.0 Å². The first-order valence-electron chi connectivity index (χ1n) is 7.87. The number of halogens is 1. The Morgan fingerprint density at radius 2 is 2.20 bits per heavy atom. The van der Waals surface area contributed by atoms with E-state index in [0.717, 1.165) is 30.6 Å². The van der Waals surface area contributed by atoms with Crippen LogP contribution in [0.5, 0.6) is 0 Å². The molecular weight excluding hydrogens is 268 g/mol. The second-order valence-electron chi connectivity index (χ2n) is 6.15. The van der Waals surface area contributed by atoms with Crippen LogP contribution >= 0.6 is 11.6 Å². The molecule has 3 heteroatoms. The van der Waals surface area contributed by atoms with Crippen molar-refractivity contribution in [3.63, 3.8) is 0 Å². The van der Waals surface area contributed by atoms with Crippen molar-refractivity contribution in [3.05, 3.63) is 28.8 Å². The fourth-order valence-electron chi connectivity index (χ4n) is 2.97. The Morgan fingerprint density at radius 3 is 2.90 bits per heavy atom. The fourth-order valence-corrected chi connectivity index (χ4v) is 3.29. The van der Waals surface area contributed by atoms with Crippen LogP contribution in [0.25, 0.3) is 0 Å². The minimum absolute atomic E-state index is 0.492. The van der Waals surface area contributed by atoms with Gasteiger partial charge in [-0.1, -0.05) is 50.9 Å². The minimum atomic E-state index is 0.492. The predicted molar refractivity (Wildman–Crippen MR) is 88.7 cm³/mol. The normalized spacial score (nSPS) is 19.6. The summed E-state index contributed by atoms with van der Waals surface area (Å²) in [5.74, 6) is 0.811. The van der Waals surface area contributed by atoms with Crippen molar-refractivity contribution in [2.24, 2.45) is 5.92 Å². The van der Waals surface area contributed by atoms with Gasteiger partial charge in [0.15, 0.2) is 0 Å². The van der Waals surface area contributed by atoms with Crippen LogP contribution in [0.15, 0.2) is 18.2 Å². The molecule has 0 amide bonds. The summed E-state index contributed by atoms with van der Waals surface area (Å²) >= 11 is 6.50. The molecule has 20 heavy (non-hydrogen) atoms. The van der Waals surface area contributed by atoms with Crippen molar-refractivity contribution in [1.82, 2.24) is 5.32 Å². The highest BCUT2D eigenvalue weighted by atomic mass is 35.5. The molecule has 1 fully saturated rings. The third-order valence-corrected chi connectivity index (χ3v) is 4.49. The standard InChI is InChI=1S/C17H27ClN2/c1-4-14-7-6-10-20(12-14)17-15(11-19-13(2)3)8-5-9-16(17)18/h5,8-9,13-14,19H,4,6-7,10-12H2,1-3H3. The average Bonchev–Trinajstić information content (AvgIpc) is 2.45. The van der Waals surface area contributed by atoms with E-state index in [2.05, 4.69) is 43.1 Å². The zero-order valence-electron chi connectivity index (χ0n) is 13.0. The smallest absolute Gasteiger partial charge is 0.0642 e. The number of nitrogens with one attached hydrogen (secondary N) is 1. The molecule has 1 N–H and O–H groups in total. The Hall–Kier alpha value is -0.730. The SMILES string of the molecule is CCC1CCCN(c2c(Cl)cccc2CNC(C)C)C1. The summed E-state index contributed by atoms with van der Waals surface area (Å²) in [5.41, 5.74) is 2.57. The zero-order valence-corrected chi connectivity index (χ0v) is 13.7. The van der Waals surface area contributed by atoms with E-state index in [1.807, 2.05) is 6.07 Å². The molecule has 1 aliphatic rings. The molecule has 0 spiro atoms. The van der Waals surface area contributed by atoms with Gasteiger partial charge < -0.3 is 10.2 Å². The maximum atomic E-state index is 6.50. The van der Waals surface area contributed by atoms with E-state index < -0.39 is 0 Å². The Bertz CT molecular complexity index is 431. The Morgan fingerprint density at radius 1 is 1.40 bits per heavy atom. The number of anilines is 1. The van der Waals surface area contributed by atoms with Gasteiger partial charge in [-0.05, 0) is 30.4 Å². The van der Waals surface area contributed by atoms with Crippen LogP contribution in [0.3, 0.4) is 0 Å². The first kappa shape index (κ1) is 15.7. The van der Waals surface area contributed by atoms with E-state index in [4.69, 9.17) is 11.6 Å². The number of benzene rings is 1. The summed E-state index contributed by atoms with van der Waals surface area (Å²) in [7, 11) is 0. The van der Waals surface area contributed by atoms with E-state index in [1.54, 1.807) is 0 Å². The molecule has 1 atom stereocenters. The van der Waals surface area contributed by atoms with Gasteiger partial charge in [-0.15, -0.1) is 0 Å². The third kappa shape index (κ3) is 3.89. The van der Waals surface area contributed by atoms with Crippen LogP contribution in [-0.2, 0) is 6.54 Å². The Kier molecular flexibility index (Phi) is 5.74. The molecule has 2 nitrogen and oxygen atoms in total. The first-order chi connectivity index (χ1) is 9.61. The van der Waals surface area contributed by atoms with Gasteiger partial charge in [0, 0.05) is 25.7 Å². The minimum Gasteiger partial charge on any atom is -0.370 e. The van der Waals surface area contributed by atoms with Gasteiger partial charge in [0.1, 0.15) is 0 Å². The van der Waals surface area contributed by atoms with Crippen LogP contribution in [0.4, 0.5) is 5.69 Å². The Balaban J connectivity index is 2.20. The number of hydrogen-bond donors (Lipinski definition) is 1. The molecule has 0 saturated carbocycles. The zero-order chi connectivity index (χ0) is 14.5. The van der Waals surface area contributed by atoms with Crippen molar-refractivity contribution < 1.29 is 0 Å². The average molecular weight is 295 g/mol. The van der Waals surface area contributed by atoms with Crippen LogP contribution in [0.1, 0.15) is 45.6 Å². The lowest BCUT2D eigenvalue weighted by atomic mass is 9.94. The largest absolute Gasteiger partial charge is 0.370 e. The fraction of sp³-hybridized carbons (Fsp3) is 0.647. The quantitative estimate of drug-likeness (QED) is 0.862. The summed E-state index contributed by atoms with van der Waals surface area (Å²) in [5, 5.41) is 4.40. The maximum absolute atomic E-state index is 6.50. The molecule has 1 aliphatic heterocycles. The monoisotopic (exact) mass is 294 g/mol. The highest BCUT2D eigenvalue weighted by molar-refractivity contribution is 6.33. The van der Waals surface area contributed by atoms with Gasteiger partial charge in [-0.25, -0.2) is 0 Å². The van der Waals surface area contributed by atoms with E-state index >= 15 is 0 Å². The molecule has 1 heterocycles. The number of piperidine rings is 1. The van der Waals surface area contributed by atoms with E-state index in [0.29, 0.717) is 6.04 Å². The molecule has 2 rings (SSSR count). The van der Waals surface area contributed by atoms with Crippen molar-refractivity contribution in [2.45, 2.75) is 52.6 Å². The molecule has 1 aromatic carbocycles. The lowest BCUT2D eigenvalue weighted by Gasteiger charge is -2.36. The van der Waals surface area contributed by atoms with Crippen molar-refractivity contribution >= 4 is 17.3 Å². The summed E-state index contributed by atoms with van der Waals surface area (Å²) in [6, 6.07) is 6.77. The molecule has 0 bridgehead atoms. The lowest BCUT2D eigenvalue weighted by molar-refractivity contribution is 0.404. The van der Waals surface area contributed by atoms with E-state index in [-0.39, 0.29) is 0 Å². The van der Waals surface area contributed by atoms with Crippen molar-refractivity contribution in [3.8, 4) is 0 Å². The highest BCUT2D eigenvalue weighted by Crippen LogP contribution is 2.33. The summed E-state index contributed by atoms with van der Waals surface area (Å²) in [6.07, 6.45) is 3.90. The number of hydrogen-bond acceptors (Lipinski definition) is 2. The van der Waals surface area contributed by atoms with E-state index in [1.165, 1.54) is 30.5 Å². The molecular formula is C17H27ClN2. The van der Waals surface area contributed by atoms with Gasteiger partial charge in [0.05, 0.1) is 10.7 Å². The molecule has 112 valence electrons. The van der Waals surface area contributed by atoms with Crippen LogP contribution in [-0.4, -0.2) is 19.1 Å². The van der Waals surface area contributed by atoms with Crippen LogP contribution < -0.4 is 10.2 Å². The lowest BCUT2D eigenvalue weighted by Crippen LogP contribution is -2.36. The molecule has 0 aliphatic carbocycles. The van der Waals surface area contributed by atoms with Gasteiger partial charge in [0.2, 0.25) is 0 Å². The second kappa shape index (κ2) is 7.33. The molecule has 0 radical (unpaired) electrons. The summed E-state index contributed by atoms with van der Waals surface area (Å²) in [4.78, 5) is 2.50. The molecule has 1 unspecified atom stereocenters. The Labute approximate surface area is 128 Å². The third-order valence-electron chi connectivity index (χ3n) is 4.18. The van der Waals surface area contributed by atoms with Crippen molar-refractivity contribution in [1.29, 1.82) is 0 Å². The topological polar surface area (TPSA) is 15.3 Å². The van der Waals surface area contributed by atoms with Crippen LogP contribution in [0.2, 0.25) is 5.02 Å². The highest BCUT2D eigenvalue weighted by Gasteiger charge is 2.22.